The van der Waals surface area contributed by atoms with Crippen LogP contribution in [0.2, 0.25) is 0 Å². The number of unbranched alkanes of at least 4 members (excludes halogenated alkanes) is 1. The van der Waals surface area contributed by atoms with E-state index in [4.69, 9.17) is 9.73 Å². The highest BCUT2D eigenvalue weighted by Gasteiger charge is 2.41. The maximum atomic E-state index is 5.91. The number of guanidine groups is 1. The Bertz CT molecular complexity index is 533. The number of halogens is 1. The maximum Gasteiger partial charge on any atom is 0.191 e. The fraction of sp³-hybridized carbons (Fsp3) is 0.765. The summed E-state index contributed by atoms with van der Waals surface area (Å²) in [5.41, 5.74) is 0. The molecule has 1 aromatic rings. The van der Waals surface area contributed by atoms with E-state index in [1.165, 1.54) is 12.8 Å². The number of imidazole rings is 1. The first-order valence-corrected chi connectivity index (χ1v) is 8.94. The van der Waals surface area contributed by atoms with Gasteiger partial charge in [-0.05, 0) is 46.0 Å². The maximum absolute atomic E-state index is 5.91. The van der Waals surface area contributed by atoms with Crippen molar-refractivity contribution in [3.05, 3.63) is 18.2 Å². The van der Waals surface area contributed by atoms with Gasteiger partial charge in [-0.1, -0.05) is 0 Å². The molecular formula is C17H30IN5O. The molecule has 0 spiro atoms. The number of rotatable bonds is 7. The van der Waals surface area contributed by atoms with Gasteiger partial charge in [-0.3, -0.25) is 4.99 Å². The molecule has 3 rings (SSSR count). The number of aryl methyl sites for hydroxylation is 2. The molecule has 24 heavy (non-hydrogen) atoms. The average Bonchev–Trinajstić information content (AvgIpc) is 3.24. The molecule has 2 N–H and O–H groups in total. The zero-order valence-electron chi connectivity index (χ0n) is 14.7. The second-order valence-electron chi connectivity index (χ2n) is 6.50. The summed E-state index contributed by atoms with van der Waals surface area (Å²) in [6, 6.07) is 0.431. The van der Waals surface area contributed by atoms with Gasteiger partial charge in [-0.2, -0.15) is 0 Å². The summed E-state index contributed by atoms with van der Waals surface area (Å²) in [5, 5.41) is 6.91. The van der Waals surface area contributed by atoms with Gasteiger partial charge in [0.2, 0.25) is 0 Å². The van der Waals surface area contributed by atoms with Crippen LogP contribution in [0.25, 0.3) is 0 Å². The van der Waals surface area contributed by atoms with E-state index in [-0.39, 0.29) is 24.0 Å². The molecule has 0 aromatic carbocycles. The number of nitrogens with zero attached hydrogens (tertiary/aromatic N) is 3. The predicted molar refractivity (Wildman–Crippen MR) is 107 cm³/mol. The summed E-state index contributed by atoms with van der Waals surface area (Å²) in [7, 11) is 0. The normalized spacial score (nSPS) is 25.6. The monoisotopic (exact) mass is 447 g/mol. The highest BCUT2D eigenvalue weighted by atomic mass is 127. The molecule has 2 aliphatic rings. The molecule has 0 aliphatic carbocycles. The third kappa shape index (κ3) is 5.08. The molecule has 2 aliphatic heterocycles. The molecule has 0 radical (unpaired) electrons. The van der Waals surface area contributed by atoms with Gasteiger partial charge in [0.15, 0.2) is 5.96 Å². The Balaban J connectivity index is 0.00000208. The van der Waals surface area contributed by atoms with E-state index < -0.39 is 0 Å². The summed E-state index contributed by atoms with van der Waals surface area (Å²) in [6.07, 6.45) is 10.5. The van der Waals surface area contributed by atoms with Crippen molar-refractivity contribution in [1.82, 2.24) is 20.2 Å². The van der Waals surface area contributed by atoms with Gasteiger partial charge in [0, 0.05) is 32.0 Å². The quantitative estimate of drug-likeness (QED) is 0.292. The van der Waals surface area contributed by atoms with Crippen LogP contribution in [-0.2, 0) is 11.3 Å². The van der Waals surface area contributed by atoms with E-state index >= 15 is 0 Å². The van der Waals surface area contributed by atoms with Gasteiger partial charge >= 0.3 is 0 Å². The number of hydrogen-bond acceptors (Lipinski definition) is 3. The fourth-order valence-corrected chi connectivity index (χ4v) is 3.51. The molecule has 0 amide bonds. The van der Waals surface area contributed by atoms with Crippen LogP contribution in [-0.4, -0.2) is 46.8 Å². The molecule has 6 nitrogen and oxygen atoms in total. The molecule has 136 valence electrons. The summed E-state index contributed by atoms with van der Waals surface area (Å²) >= 11 is 0. The summed E-state index contributed by atoms with van der Waals surface area (Å²) < 4.78 is 8.10. The van der Waals surface area contributed by atoms with Gasteiger partial charge in [-0.25, -0.2) is 4.98 Å². The van der Waals surface area contributed by atoms with Crippen LogP contribution in [0.15, 0.2) is 17.4 Å². The van der Waals surface area contributed by atoms with Crippen LogP contribution >= 0.6 is 24.0 Å². The van der Waals surface area contributed by atoms with Gasteiger partial charge < -0.3 is 19.9 Å². The molecule has 2 saturated heterocycles. The molecule has 3 atom stereocenters. The number of aliphatic imine (C=N–C) groups is 1. The number of fused-ring (bicyclic) bond motifs is 2. The first-order valence-electron chi connectivity index (χ1n) is 8.94. The SMILES string of the molecule is CCNC(=NCCCCn1ccnc1C)NC1CC2CCC1O2.I. The van der Waals surface area contributed by atoms with E-state index in [2.05, 4.69) is 27.1 Å². The zero-order chi connectivity index (χ0) is 16.1. The standard InChI is InChI=1S/C17H29N5O.HI/c1-3-18-17(21-15-12-14-6-7-16(15)23-14)20-8-4-5-10-22-11-9-19-13(22)2;/h9,11,14-16H,3-8,10,12H2,1-2H3,(H2,18,20,21);1H. The molecule has 0 saturated carbocycles. The van der Waals surface area contributed by atoms with Crippen LogP contribution in [0.5, 0.6) is 0 Å². The minimum Gasteiger partial charge on any atom is -0.373 e. The van der Waals surface area contributed by atoms with Gasteiger partial charge in [0.25, 0.3) is 0 Å². The Morgan fingerprint density at radius 1 is 1.42 bits per heavy atom. The van der Waals surface area contributed by atoms with E-state index in [0.717, 1.165) is 50.7 Å². The summed E-state index contributed by atoms with van der Waals surface area (Å²) in [6.45, 7) is 6.91. The van der Waals surface area contributed by atoms with Crippen LogP contribution in [0.4, 0.5) is 0 Å². The Labute approximate surface area is 161 Å². The first-order chi connectivity index (χ1) is 11.3. The molecule has 2 bridgehead atoms. The smallest absolute Gasteiger partial charge is 0.191 e. The fourth-order valence-electron chi connectivity index (χ4n) is 3.51. The molecule has 1 aromatic heterocycles. The Morgan fingerprint density at radius 2 is 2.29 bits per heavy atom. The highest BCUT2D eigenvalue weighted by molar-refractivity contribution is 14.0. The van der Waals surface area contributed by atoms with Crippen molar-refractivity contribution >= 4 is 29.9 Å². The van der Waals surface area contributed by atoms with Crippen LogP contribution in [0, 0.1) is 6.92 Å². The minimum atomic E-state index is 0. The van der Waals surface area contributed by atoms with E-state index in [0.29, 0.717) is 18.2 Å². The van der Waals surface area contributed by atoms with Gasteiger partial charge in [-0.15, -0.1) is 24.0 Å². The third-order valence-corrected chi connectivity index (χ3v) is 4.77. The lowest BCUT2D eigenvalue weighted by Gasteiger charge is -2.22. The van der Waals surface area contributed by atoms with Crippen LogP contribution in [0.3, 0.4) is 0 Å². The highest BCUT2D eigenvalue weighted by Crippen LogP contribution is 2.34. The number of aromatic nitrogens is 2. The van der Waals surface area contributed by atoms with E-state index in [9.17, 15) is 0 Å². The molecule has 7 heteroatoms. The van der Waals surface area contributed by atoms with Crippen molar-refractivity contribution in [3.8, 4) is 0 Å². The Hall–Kier alpha value is -0.830. The van der Waals surface area contributed by atoms with Crippen molar-refractivity contribution < 1.29 is 4.74 Å². The summed E-state index contributed by atoms with van der Waals surface area (Å²) in [5.74, 6) is 2.02. The van der Waals surface area contributed by atoms with Gasteiger partial charge in [0.05, 0.1) is 18.2 Å². The lowest BCUT2D eigenvalue weighted by atomic mass is 9.96. The van der Waals surface area contributed by atoms with Crippen molar-refractivity contribution in [2.24, 2.45) is 4.99 Å². The zero-order valence-corrected chi connectivity index (χ0v) is 17.0. The lowest BCUT2D eigenvalue weighted by Crippen LogP contribution is -2.47. The van der Waals surface area contributed by atoms with E-state index in [1.54, 1.807) is 0 Å². The van der Waals surface area contributed by atoms with Gasteiger partial charge in [0.1, 0.15) is 5.82 Å². The topological polar surface area (TPSA) is 63.5 Å². The number of nitrogens with one attached hydrogen (secondary N) is 2. The largest absolute Gasteiger partial charge is 0.373 e. The summed E-state index contributed by atoms with van der Waals surface area (Å²) in [4.78, 5) is 8.96. The predicted octanol–water partition coefficient (Wildman–Crippen LogP) is 2.46. The van der Waals surface area contributed by atoms with Crippen LogP contribution < -0.4 is 10.6 Å². The average molecular weight is 447 g/mol. The molecule has 3 heterocycles. The second-order valence-corrected chi connectivity index (χ2v) is 6.50. The van der Waals surface area contributed by atoms with Crippen LogP contribution in [0.1, 0.15) is 44.9 Å². The van der Waals surface area contributed by atoms with E-state index in [1.807, 2.05) is 19.3 Å². The van der Waals surface area contributed by atoms with Crippen molar-refractivity contribution in [3.63, 3.8) is 0 Å². The molecule has 3 unspecified atom stereocenters. The van der Waals surface area contributed by atoms with Crippen molar-refractivity contribution in [2.45, 2.75) is 70.7 Å². The van der Waals surface area contributed by atoms with Crippen molar-refractivity contribution in [2.75, 3.05) is 13.1 Å². The number of ether oxygens (including phenoxy) is 1. The Kier molecular flexibility index (Phi) is 7.80. The lowest BCUT2D eigenvalue weighted by molar-refractivity contribution is 0.0992. The first kappa shape index (κ1) is 19.5. The molecule has 2 fully saturated rings. The minimum absolute atomic E-state index is 0. The second kappa shape index (κ2) is 9.60. The number of hydrogen-bond donors (Lipinski definition) is 2. The third-order valence-electron chi connectivity index (χ3n) is 4.77. The van der Waals surface area contributed by atoms with Crippen molar-refractivity contribution in [1.29, 1.82) is 0 Å². The molecular weight excluding hydrogens is 417 g/mol. The Morgan fingerprint density at radius 3 is 2.92 bits per heavy atom.